The third-order valence-electron chi connectivity index (χ3n) is 2.69. The molecule has 1 heterocycles. The van der Waals surface area contributed by atoms with Crippen molar-refractivity contribution in [3.05, 3.63) is 51.0 Å². The quantitative estimate of drug-likeness (QED) is 0.778. The molecule has 0 aromatic heterocycles. The first-order valence-electron chi connectivity index (χ1n) is 5.65. The van der Waals surface area contributed by atoms with Crippen LogP contribution >= 0.6 is 22.6 Å². The van der Waals surface area contributed by atoms with Gasteiger partial charge in [-0.25, -0.2) is 4.39 Å². The van der Waals surface area contributed by atoms with Crippen molar-refractivity contribution in [1.82, 2.24) is 5.43 Å². The van der Waals surface area contributed by atoms with Gasteiger partial charge in [-0.3, -0.25) is 15.2 Å². The summed E-state index contributed by atoms with van der Waals surface area (Å²) >= 11 is 2.00. The van der Waals surface area contributed by atoms with Gasteiger partial charge in [-0.1, -0.05) is 0 Å². The first-order valence-corrected chi connectivity index (χ1v) is 6.73. The average Bonchev–Trinajstić information content (AvgIpc) is 2.39. The number of aliphatic hydroxyl groups is 1. The van der Waals surface area contributed by atoms with Crippen LogP contribution in [-0.2, 0) is 9.53 Å². The van der Waals surface area contributed by atoms with E-state index in [-0.39, 0.29) is 28.7 Å². The Labute approximate surface area is 128 Å². The molecule has 0 saturated heterocycles. The number of carbonyl (C=O) groups excluding carboxylic acids is 1. The van der Waals surface area contributed by atoms with E-state index >= 15 is 0 Å². The normalized spacial score (nSPS) is 14.8. The number of benzene rings is 1. The van der Waals surface area contributed by atoms with Crippen molar-refractivity contribution in [2.75, 3.05) is 12.1 Å². The van der Waals surface area contributed by atoms with Crippen molar-refractivity contribution < 1.29 is 19.0 Å². The van der Waals surface area contributed by atoms with Crippen molar-refractivity contribution in [3.63, 3.8) is 0 Å². The van der Waals surface area contributed by atoms with E-state index in [1.54, 1.807) is 12.1 Å². The van der Waals surface area contributed by atoms with Crippen LogP contribution in [0.15, 0.2) is 41.6 Å². The summed E-state index contributed by atoms with van der Waals surface area (Å²) in [7, 11) is 1.35. The number of aliphatic hydroxyl groups excluding tert-OH is 1. The van der Waals surface area contributed by atoms with Crippen LogP contribution in [0.25, 0.3) is 0 Å². The van der Waals surface area contributed by atoms with Gasteiger partial charge in [0, 0.05) is 10.5 Å². The van der Waals surface area contributed by atoms with Crippen molar-refractivity contribution in [2.24, 2.45) is 0 Å². The summed E-state index contributed by atoms with van der Waals surface area (Å²) in [4.78, 5) is 11.5. The number of halogens is 2. The Kier molecular flexibility index (Phi) is 4.17. The molecule has 2 N–H and O–H groups in total. The second-order valence-electron chi connectivity index (χ2n) is 4.05. The molecule has 0 radical (unpaired) electrons. The van der Waals surface area contributed by atoms with Gasteiger partial charge in [0.25, 0.3) is 0 Å². The molecule has 0 aliphatic carbocycles. The Bertz CT molecular complexity index is 628. The van der Waals surface area contributed by atoms with Crippen LogP contribution in [0.2, 0.25) is 0 Å². The zero-order valence-electron chi connectivity index (χ0n) is 10.8. The maximum Gasteiger partial charge on any atom is 0.188 e. The smallest absolute Gasteiger partial charge is 0.188 e. The summed E-state index contributed by atoms with van der Waals surface area (Å²) in [5.74, 6) is -1.07. The van der Waals surface area contributed by atoms with Gasteiger partial charge in [0.15, 0.2) is 17.3 Å². The number of methoxy groups -OCH3 is 1. The molecule has 1 aliphatic heterocycles. The molecule has 0 saturated carbocycles. The fraction of sp³-hybridized carbons (Fsp3) is 0.154. The van der Waals surface area contributed by atoms with Crippen LogP contribution < -0.4 is 10.4 Å². The van der Waals surface area contributed by atoms with Crippen molar-refractivity contribution in [2.45, 2.75) is 6.92 Å². The number of hydrazine groups is 1. The molecule has 1 aliphatic rings. The van der Waals surface area contributed by atoms with E-state index in [1.807, 2.05) is 22.6 Å². The van der Waals surface area contributed by atoms with E-state index < -0.39 is 5.82 Å². The number of hydrogen-bond acceptors (Lipinski definition) is 5. The Morgan fingerprint density at radius 2 is 2.20 bits per heavy atom. The summed E-state index contributed by atoms with van der Waals surface area (Å²) < 4.78 is 19.7. The Morgan fingerprint density at radius 3 is 2.75 bits per heavy atom. The number of nitrogens with zero attached hydrogens (tertiary/aromatic N) is 1. The van der Waals surface area contributed by atoms with Gasteiger partial charge in [0.1, 0.15) is 11.5 Å². The lowest BCUT2D eigenvalue weighted by Gasteiger charge is -2.28. The lowest BCUT2D eigenvalue weighted by Crippen LogP contribution is -2.40. The molecular weight excluding hydrogens is 378 g/mol. The summed E-state index contributed by atoms with van der Waals surface area (Å²) in [6, 6.07) is 4.66. The van der Waals surface area contributed by atoms with Gasteiger partial charge < -0.3 is 9.84 Å². The predicted molar refractivity (Wildman–Crippen MR) is 80.2 cm³/mol. The third-order valence-corrected chi connectivity index (χ3v) is 3.36. The molecule has 106 valence electrons. The minimum atomic E-state index is -0.458. The van der Waals surface area contributed by atoms with E-state index in [1.165, 1.54) is 31.3 Å². The molecule has 7 heteroatoms. The number of ketones is 1. The maximum atomic E-state index is 14.0. The highest BCUT2D eigenvalue weighted by Gasteiger charge is 2.25. The highest BCUT2D eigenvalue weighted by atomic mass is 127. The summed E-state index contributed by atoms with van der Waals surface area (Å²) in [5.41, 5.74) is 2.82. The number of allylic oxidation sites excluding steroid dienone is 1. The van der Waals surface area contributed by atoms with Crippen molar-refractivity contribution >= 4 is 34.1 Å². The Hall–Kier alpha value is -1.77. The summed E-state index contributed by atoms with van der Waals surface area (Å²) in [6.45, 7) is 1.29. The van der Waals surface area contributed by atoms with Crippen LogP contribution in [0.1, 0.15) is 6.92 Å². The molecule has 0 unspecified atom stereocenters. The fourth-order valence-electron chi connectivity index (χ4n) is 1.71. The molecule has 1 aromatic carbocycles. The standard InChI is InChI=1S/C13H12FIN2O3/c1-7(18)12-13(19)11(20-2)6-17(16-12)10-4-3-8(15)5-9(10)14/h3-6,16,19H,1-2H3. The molecule has 0 bridgehead atoms. The lowest BCUT2D eigenvalue weighted by atomic mass is 10.2. The number of anilines is 1. The molecule has 1 aromatic rings. The molecule has 2 rings (SSSR count). The average molecular weight is 390 g/mol. The van der Waals surface area contributed by atoms with Gasteiger partial charge in [-0.2, -0.15) is 0 Å². The number of hydrogen-bond donors (Lipinski definition) is 2. The number of nitrogens with one attached hydrogen (secondary N) is 1. The van der Waals surface area contributed by atoms with Crippen LogP contribution in [0.4, 0.5) is 10.1 Å². The molecule has 0 fully saturated rings. The summed E-state index contributed by atoms with van der Waals surface area (Å²) in [6.07, 6.45) is 1.37. The van der Waals surface area contributed by atoms with Gasteiger partial charge in [0.05, 0.1) is 19.0 Å². The second kappa shape index (κ2) is 5.70. The van der Waals surface area contributed by atoms with Gasteiger partial charge in [-0.15, -0.1) is 0 Å². The molecule has 0 atom stereocenters. The zero-order valence-corrected chi connectivity index (χ0v) is 12.9. The highest BCUT2D eigenvalue weighted by Crippen LogP contribution is 2.26. The maximum absolute atomic E-state index is 14.0. The Morgan fingerprint density at radius 1 is 1.50 bits per heavy atom. The molecule has 0 amide bonds. The lowest BCUT2D eigenvalue weighted by molar-refractivity contribution is -0.114. The van der Waals surface area contributed by atoms with Crippen molar-refractivity contribution in [3.8, 4) is 0 Å². The fourth-order valence-corrected chi connectivity index (χ4v) is 2.16. The van der Waals surface area contributed by atoms with E-state index in [0.29, 0.717) is 0 Å². The number of Topliss-reactive ketones (excluding diaryl/α,β-unsaturated/α-hetero) is 1. The minimum Gasteiger partial charge on any atom is -0.503 e. The van der Waals surface area contributed by atoms with Crippen LogP contribution in [0.5, 0.6) is 0 Å². The number of rotatable bonds is 3. The molecular formula is C13H12FIN2O3. The monoisotopic (exact) mass is 390 g/mol. The van der Waals surface area contributed by atoms with Crippen LogP contribution in [0, 0.1) is 9.39 Å². The predicted octanol–water partition coefficient (Wildman–Crippen LogP) is 2.60. The van der Waals surface area contributed by atoms with E-state index in [9.17, 15) is 14.3 Å². The van der Waals surface area contributed by atoms with E-state index in [2.05, 4.69) is 5.43 Å². The second-order valence-corrected chi connectivity index (χ2v) is 5.30. The van der Waals surface area contributed by atoms with Crippen molar-refractivity contribution in [1.29, 1.82) is 0 Å². The van der Waals surface area contributed by atoms with Gasteiger partial charge in [-0.05, 0) is 40.8 Å². The van der Waals surface area contributed by atoms with Crippen LogP contribution in [-0.4, -0.2) is 18.0 Å². The Balaban J connectivity index is 2.45. The third kappa shape index (κ3) is 2.72. The minimum absolute atomic E-state index is 0.0534. The summed E-state index contributed by atoms with van der Waals surface area (Å²) in [5, 5.41) is 11.2. The van der Waals surface area contributed by atoms with Crippen LogP contribution in [0.3, 0.4) is 0 Å². The molecule has 20 heavy (non-hydrogen) atoms. The largest absolute Gasteiger partial charge is 0.503 e. The first kappa shape index (κ1) is 14.6. The number of carbonyl (C=O) groups is 1. The topological polar surface area (TPSA) is 61.8 Å². The molecule has 5 nitrogen and oxygen atoms in total. The van der Waals surface area contributed by atoms with E-state index in [0.717, 1.165) is 3.57 Å². The highest BCUT2D eigenvalue weighted by molar-refractivity contribution is 14.1. The number of ether oxygens (including phenoxy) is 1. The SMILES string of the molecule is COC1=CN(c2ccc(I)cc2F)NC(C(C)=O)=C1O. The van der Waals surface area contributed by atoms with Gasteiger partial charge >= 0.3 is 0 Å². The van der Waals surface area contributed by atoms with Gasteiger partial charge in [0.2, 0.25) is 0 Å². The molecule has 0 spiro atoms. The van der Waals surface area contributed by atoms with E-state index in [4.69, 9.17) is 4.74 Å². The first-order chi connectivity index (χ1) is 9.43. The zero-order chi connectivity index (χ0) is 14.9.